The Bertz CT molecular complexity index is 747. The number of hydrogen-bond acceptors (Lipinski definition) is 4. The summed E-state index contributed by atoms with van der Waals surface area (Å²) >= 11 is 0. The minimum Gasteiger partial charge on any atom is -0.422 e. The van der Waals surface area contributed by atoms with Gasteiger partial charge in [0.1, 0.15) is 11.1 Å². The Morgan fingerprint density at radius 2 is 1.77 bits per heavy atom. The molecule has 0 amide bonds. The van der Waals surface area contributed by atoms with Crippen LogP contribution in [-0.4, -0.2) is 20.0 Å². The van der Waals surface area contributed by atoms with Crippen LogP contribution in [0, 0.1) is 5.41 Å². The Hall–Kier alpha value is -1.94. The van der Waals surface area contributed by atoms with E-state index >= 15 is 0 Å². The molecular weight excluding hydrogens is 328 g/mol. The highest BCUT2D eigenvalue weighted by Gasteiger charge is 2.28. The van der Waals surface area contributed by atoms with Crippen LogP contribution in [0.4, 0.5) is 0 Å². The summed E-state index contributed by atoms with van der Waals surface area (Å²) in [6.07, 6.45) is 5.69. The van der Waals surface area contributed by atoms with Gasteiger partial charge in [-0.25, -0.2) is 4.79 Å². The van der Waals surface area contributed by atoms with Crippen LogP contribution in [0.3, 0.4) is 0 Å². The van der Waals surface area contributed by atoms with Gasteiger partial charge in [0.2, 0.25) is 0 Å². The van der Waals surface area contributed by atoms with Gasteiger partial charge < -0.3 is 9.15 Å². The average Bonchev–Trinajstić information content (AvgIpc) is 2.60. The number of ketones is 1. The zero-order chi connectivity index (χ0) is 19.6. The lowest BCUT2D eigenvalue weighted by molar-refractivity contribution is 0.0899. The van der Waals surface area contributed by atoms with E-state index in [1.165, 1.54) is 0 Å². The second-order valence-electron chi connectivity index (χ2n) is 7.16. The van der Waals surface area contributed by atoms with Crippen molar-refractivity contribution in [3.05, 3.63) is 46.3 Å². The summed E-state index contributed by atoms with van der Waals surface area (Å²) in [6, 6.07) is 8.97. The molecule has 0 bridgehead atoms. The van der Waals surface area contributed by atoms with Crippen molar-refractivity contribution in [2.24, 2.45) is 5.41 Å². The van der Waals surface area contributed by atoms with Crippen LogP contribution in [0.2, 0.25) is 0 Å². The summed E-state index contributed by atoms with van der Waals surface area (Å²) in [6.45, 7) is 6.46. The molecule has 0 saturated heterocycles. The van der Waals surface area contributed by atoms with Crippen molar-refractivity contribution in [2.45, 2.75) is 59.3 Å². The molecule has 2 rings (SSSR count). The normalized spacial score (nSPS) is 13.0. The molecule has 4 heteroatoms. The zero-order valence-corrected chi connectivity index (χ0v) is 16.8. The fourth-order valence-corrected chi connectivity index (χ4v) is 3.25. The van der Waals surface area contributed by atoms with Gasteiger partial charge in [-0.1, -0.05) is 58.2 Å². The van der Waals surface area contributed by atoms with Crippen molar-refractivity contribution in [3.8, 4) is 0 Å². The molecule has 0 aliphatic rings. The Morgan fingerprint density at radius 3 is 2.38 bits per heavy atom. The lowest BCUT2D eigenvalue weighted by Gasteiger charge is -2.28. The first kappa shape index (κ1) is 22.1. The average molecular weight is 360 g/mol. The second-order valence-corrected chi connectivity index (χ2v) is 7.16. The van der Waals surface area contributed by atoms with Crippen LogP contribution in [-0.2, 0) is 4.74 Å². The SMILES string of the molecule is CCCCC(C)(CCC)CC(=O)c1cc2ccccc2oc1=O.COC. The van der Waals surface area contributed by atoms with Crippen LogP contribution in [0.25, 0.3) is 11.0 Å². The first-order valence-corrected chi connectivity index (χ1v) is 9.37. The maximum absolute atomic E-state index is 12.7. The number of unbranched alkanes of at least 4 members (excludes halogenated alkanes) is 1. The van der Waals surface area contributed by atoms with Crippen molar-refractivity contribution >= 4 is 16.8 Å². The molecule has 1 aromatic heterocycles. The number of para-hydroxylation sites is 1. The fourth-order valence-electron chi connectivity index (χ4n) is 3.25. The topological polar surface area (TPSA) is 56.5 Å². The largest absolute Gasteiger partial charge is 0.422 e. The molecule has 1 unspecified atom stereocenters. The van der Waals surface area contributed by atoms with Gasteiger partial charge in [0.25, 0.3) is 0 Å². The Labute approximate surface area is 156 Å². The molecule has 2 aromatic rings. The van der Waals surface area contributed by atoms with Crippen molar-refractivity contribution in [2.75, 3.05) is 14.2 Å². The molecule has 1 atom stereocenters. The number of Topliss-reactive ketones (excluding diaryl/α,β-unsaturated/α-hetero) is 1. The molecule has 1 heterocycles. The van der Waals surface area contributed by atoms with Gasteiger partial charge in [0.05, 0.1) is 0 Å². The van der Waals surface area contributed by atoms with Gasteiger partial charge in [-0.15, -0.1) is 0 Å². The lowest BCUT2D eigenvalue weighted by Crippen LogP contribution is -2.24. The minimum atomic E-state index is -0.525. The van der Waals surface area contributed by atoms with E-state index in [-0.39, 0.29) is 16.8 Å². The maximum atomic E-state index is 12.7. The highest BCUT2D eigenvalue weighted by atomic mass is 16.4. The number of fused-ring (bicyclic) bond motifs is 1. The van der Waals surface area contributed by atoms with Gasteiger partial charge in [-0.3, -0.25) is 4.79 Å². The van der Waals surface area contributed by atoms with E-state index in [1.54, 1.807) is 26.4 Å². The summed E-state index contributed by atoms with van der Waals surface area (Å²) in [5.74, 6) is -0.100. The summed E-state index contributed by atoms with van der Waals surface area (Å²) in [5.41, 5.74) is 0.141. The summed E-state index contributed by atoms with van der Waals surface area (Å²) in [7, 11) is 3.25. The molecule has 0 radical (unpaired) electrons. The smallest absolute Gasteiger partial charge is 0.347 e. The van der Waals surface area contributed by atoms with Crippen LogP contribution >= 0.6 is 0 Å². The van der Waals surface area contributed by atoms with Gasteiger partial charge in [0.15, 0.2) is 5.78 Å². The quantitative estimate of drug-likeness (QED) is 0.452. The number of hydrogen-bond donors (Lipinski definition) is 0. The van der Waals surface area contributed by atoms with E-state index in [2.05, 4.69) is 25.5 Å². The van der Waals surface area contributed by atoms with Gasteiger partial charge in [-0.05, 0) is 30.4 Å². The molecule has 4 nitrogen and oxygen atoms in total. The van der Waals surface area contributed by atoms with Gasteiger partial charge in [-0.2, -0.15) is 0 Å². The van der Waals surface area contributed by atoms with E-state index in [0.29, 0.717) is 12.0 Å². The van der Waals surface area contributed by atoms with Crippen LogP contribution in [0.1, 0.15) is 69.7 Å². The van der Waals surface area contributed by atoms with E-state index < -0.39 is 5.63 Å². The predicted molar refractivity (Wildman–Crippen MR) is 107 cm³/mol. The van der Waals surface area contributed by atoms with E-state index in [0.717, 1.165) is 37.5 Å². The Balaban J connectivity index is 0.00000105. The third-order valence-corrected chi connectivity index (χ3v) is 4.52. The van der Waals surface area contributed by atoms with Gasteiger partial charge in [0, 0.05) is 26.0 Å². The van der Waals surface area contributed by atoms with Crippen LogP contribution < -0.4 is 5.63 Å². The highest BCUT2D eigenvalue weighted by Crippen LogP contribution is 2.34. The molecule has 0 N–H and O–H groups in total. The predicted octanol–water partition coefficient (Wildman–Crippen LogP) is 5.63. The summed E-state index contributed by atoms with van der Waals surface area (Å²) in [5, 5.41) is 0.793. The first-order chi connectivity index (χ1) is 12.4. The number of methoxy groups -OCH3 is 1. The number of ether oxygens (including phenoxy) is 1. The number of carbonyl (C=O) groups excluding carboxylic acids is 1. The van der Waals surface area contributed by atoms with Crippen molar-refractivity contribution in [1.29, 1.82) is 0 Å². The summed E-state index contributed by atoms with van der Waals surface area (Å²) < 4.78 is 9.54. The summed E-state index contributed by atoms with van der Waals surface area (Å²) in [4.78, 5) is 24.8. The Morgan fingerprint density at radius 1 is 1.12 bits per heavy atom. The van der Waals surface area contributed by atoms with E-state index in [4.69, 9.17) is 4.42 Å². The lowest BCUT2D eigenvalue weighted by atomic mass is 9.76. The Kier molecular flexibility index (Phi) is 9.28. The van der Waals surface area contributed by atoms with Crippen molar-refractivity contribution in [1.82, 2.24) is 0 Å². The molecular formula is C22H32O4. The zero-order valence-electron chi connectivity index (χ0n) is 16.8. The standard InChI is InChI=1S/C20H26O3.C2H6O/c1-4-6-12-20(3,11-5-2)14-17(21)16-13-15-9-7-8-10-18(15)23-19(16)22;1-3-2/h7-10,13H,4-6,11-12,14H2,1-3H3;1-2H3. The molecule has 0 saturated carbocycles. The highest BCUT2D eigenvalue weighted by molar-refractivity contribution is 5.98. The van der Waals surface area contributed by atoms with Gasteiger partial charge >= 0.3 is 5.63 Å². The third kappa shape index (κ3) is 6.41. The molecule has 0 aliphatic carbocycles. The van der Waals surface area contributed by atoms with E-state index in [1.807, 2.05) is 18.2 Å². The number of benzene rings is 1. The molecule has 1 aromatic carbocycles. The molecule has 0 spiro atoms. The van der Waals surface area contributed by atoms with Crippen molar-refractivity contribution in [3.63, 3.8) is 0 Å². The first-order valence-electron chi connectivity index (χ1n) is 9.37. The van der Waals surface area contributed by atoms with E-state index in [9.17, 15) is 9.59 Å². The number of rotatable bonds is 8. The molecule has 26 heavy (non-hydrogen) atoms. The monoisotopic (exact) mass is 360 g/mol. The van der Waals surface area contributed by atoms with Crippen LogP contribution in [0.5, 0.6) is 0 Å². The molecule has 0 fully saturated rings. The minimum absolute atomic E-state index is 0.0417. The molecule has 0 aliphatic heterocycles. The maximum Gasteiger partial charge on any atom is 0.347 e. The number of carbonyl (C=O) groups is 1. The fraction of sp³-hybridized carbons (Fsp3) is 0.545. The van der Waals surface area contributed by atoms with Crippen LogP contribution in [0.15, 0.2) is 39.5 Å². The third-order valence-electron chi connectivity index (χ3n) is 4.52. The molecule has 144 valence electrons. The second kappa shape index (κ2) is 10.9. The van der Waals surface area contributed by atoms with Crippen molar-refractivity contribution < 1.29 is 13.9 Å².